The van der Waals surface area contributed by atoms with Crippen LogP contribution in [0.5, 0.6) is 0 Å². The lowest BCUT2D eigenvalue weighted by molar-refractivity contribution is -0.130. The van der Waals surface area contributed by atoms with Crippen LogP contribution in [0.2, 0.25) is 0 Å². The normalized spacial score (nSPS) is 25.2. The van der Waals surface area contributed by atoms with Crippen molar-refractivity contribution in [3.05, 3.63) is 11.6 Å². The van der Waals surface area contributed by atoms with Gasteiger partial charge in [-0.1, -0.05) is 18.2 Å². The van der Waals surface area contributed by atoms with Gasteiger partial charge in [-0.15, -0.1) is 12.4 Å². The fraction of sp³-hybridized carbons (Fsp3) is 0.700. The van der Waals surface area contributed by atoms with Gasteiger partial charge in [-0.2, -0.15) is 0 Å². The summed E-state index contributed by atoms with van der Waals surface area (Å²) in [6, 6.07) is 0. The van der Waals surface area contributed by atoms with Gasteiger partial charge in [0.05, 0.1) is 12.0 Å². The van der Waals surface area contributed by atoms with Gasteiger partial charge in [0, 0.05) is 11.6 Å². The Labute approximate surface area is 102 Å². The summed E-state index contributed by atoms with van der Waals surface area (Å²) in [7, 11) is 0. The van der Waals surface area contributed by atoms with Gasteiger partial charge in [0.25, 0.3) is 0 Å². The van der Waals surface area contributed by atoms with E-state index in [1.807, 2.05) is 6.92 Å². The molecule has 1 rings (SSSR count). The van der Waals surface area contributed by atoms with Crippen LogP contribution in [0, 0.1) is 5.41 Å². The van der Waals surface area contributed by atoms with Crippen molar-refractivity contribution in [3.8, 4) is 0 Å². The first kappa shape index (κ1) is 14.8. The van der Waals surface area contributed by atoms with Crippen molar-refractivity contribution in [3.63, 3.8) is 0 Å². The first-order valence-corrected chi connectivity index (χ1v) is 5.25. The fourth-order valence-electron chi connectivity index (χ4n) is 1.64. The molecular weight excluding hydrogens is 235 g/mol. The van der Waals surface area contributed by atoms with Gasteiger partial charge in [-0.05, 0) is 26.3 Å². The summed E-state index contributed by atoms with van der Waals surface area (Å²) in [5.74, 6) is 0.0616. The minimum atomic E-state index is -0.287. The Morgan fingerprint density at radius 3 is 2.80 bits per heavy atom. The summed E-state index contributed by atoms with van der Waals surface area (Å²) in [5.41, 5.74) is -0.287. The van der Waals surface area contributed by atoms with E-state index in [1.165, 1.54) is 0 Å². The minimum Gasteiger partial charge on any atom is -0.351 e. The van der Waals surface area contributed by atoms with Gasteiger partial charge < -0.3 is 10.6 Å². The van der Waals surface area contributed by atoms with Gasteiger partial charge in [-0.3, -0.25) is 4.79 Å². The number of amides is 1. The molecular formula is C10H18Cl2N2O. The topological polar surface area (TPSA) is 41.1 Å². The number of halogens is 2. The SMILES string of the molecule is C=C(Cl)CNC(=O)C1(C)CCCNC1.Cl. The van der Waals surface area contributed by atoms with Crippen molar-refractivity contribution in [2.75, 3.05) is 19.6 Å². The van der Waals surface area contributed by atoms with Crippen LogP contribution < -0.4 is 10.6 Å². The number of nitrogens with one attached hydrogen (secondary N) is 2. The van der Waals surface area contributed by atoms with Crippen LogP contribution in [0.25, 0.3) is 0 Å². The highest BCUT2D eigenvalue weighted by atomic mass is 35.5. The van der Waals surface area contributed by atoms with Crippen molar-refractivity contribution in [2.45, 2.75) is 19.8 Å². The summed E-state index contributed by atoms with van der Waals surface area (Å²) >= 11 is 5.58. The Hall–Kier alpha value is -0.250. The molecule has 1 fully saturated rings. The Kier molecular flexibility index (Phi) is 6.25. The molecule has 15 heavy (non-hydrogen) atoms. The summed E-state index contributed by atoms with van der Waals surface area (Å²) in [5, 5.41) is 6.47. The van der Waals surface area contributed by atoms with Crippen LogP contribution in [0.3, 0.4) is 0 Å². The second-order valence-electron chi connectivity index (χ2n) is 4.04. The predicted molar refractivity (Wildman–Crippen MR) is 65.5 cm³/mol. The lowest BCUT2D eigenvalue weighted by Gasteiger charge is -2.32. The Balaban J connectivity index is 0.00000196. The monoisotopic (exact) mass is 252 g/mol. The Bertz CT molecular complexity index is 238. The standard InChI is InChI=1S/C10H17ClN2O.ClH/c1-8(11)6-13-9(14)10(2)4-3-5-12-7-10;/h12H,1,3-7H2,2H3,(H,13,14);1H. The van der Waals surface area contributed by atoms with Crippen molar-refractivity contribution in [1.82, 2.24) is 10.6 Å². The van der Waals surface area contributed by atoms with Crippen LogP contribution >= 0.6 is 24.0 Å². The third-order valence-electron chi connectivity index (χ3n) is 2.59. The molecule has 0 aromatic heterocycles. The molecule has 1 heterocycles. The van der Waals surface area contributed by atoms with Crippen LogP contribution in [-0.2, 0) is 4.79 Å². The Morgan fingerprint density at radius 2 is 2.33 bits per heavy atom. The molecule has 0 spiro atoms. The Morgan fingerprint density at radius 1 is 1.67 bits per heavy atom. The molecule has 0 aromatic carbocycles. The second kappa shape index (κ2) is 6.36. The summed E-state index contributed by atoms with van der Waals surface area (Å²) < 4.78 is 0. The van der Waals surface area contributed by atoms with Gasteiger partial charge in [-0.25, -0.2) is 0 Å². The molecule has 0 saturated carbocycles. The lowest BCUT2D eigenvalue weighted by atomic mass is 9.82. The third kappa shape index (κ3) is 4.41. The maximum atomic E-state index is 11.8. The molecule has 1 aliphatic rings. The van der Waals surface area contributed by atoms with Crippen molar-refractivity contribution in [1.29, 1.82) is 0 Å². The van der Waals surface area contributed by atoms with E-state index in [0.29, 0.717) is 11.6 Å². The molecule has 1 atom stereocenters. The van der Waals surface area contributed by atoms with E-state index >= 15 is 0 Å². The molecule has 1 aliphatic heterocycles. The highest BCUT2D eigenvalue weighted by Gasteiger charge is 2.34. The van der Waals surface area contributed by atoms with Crippen LogP contribution in [-0.4, -0.2) is 25.5 Å². The molecule has 1 unspecified atom stereocenters. The van der Waals surface area contributed by atoms with Crippen LogP contribution in [0.15, 0.2) is 11.6 Å². The minimum absolute atomic E-state index is 0. The number of carbonyl (C=O) groups is 1. The molecule has 88 valence electrons. The number of hydrogen-bond donors (Lipinski definition) is 2. The predicted octanol–water partition coefficient (Wildman–Crippen LogP) is 1.67. The van der Waals surface area contributed by atoms with Gasteiger partial charge in [0.2, 0.25) is 5.91 Å². The highest BCUT2D eigenvalue weighted by molar-refractivity contribution is 6.29. The van der Waals surface area contributed by atoms with E-state index in [-0.39, 0.29) is 23.7 Å². The maximum Gasteiger partial charge on any atom is 0.227 e. The molecule has 5 heteroatoms. The van der Waals surface area contributed by atoms with Crippen molar-refractivity contribution >= 4 is 29.9 Å². The second-order valence-corrected chi connectivity index (χ2v) is 4.58. The summed E-state index contributed by atoms with van der Waals surface area (Å²) in [6.07, 6.45) is 1.98. The van der Waals surface area contributed by atoms with Gasteiger partial charge >= 0.3 is 0 Å². The van der Waals surface area contributed by atoms with Gasteiger partial charge in [0.15, 0.2) is 0 Å². The molecule has 1 saturated heterocycles. The zero-order valence-electron chi connectivity index (χ0n) is 8.94. The lowest BCUT2D eigenvalue weighted by Crippen LogP contribution is -2.48. The number of carbonyl (C=O) groups excluding carboxylic acids is 1. The number of rotatable bonds is 3. The van der Waals surface area contributed by atoms with E-state index < -0.39 is 0 Å². The molecule has 2 N–H and O–H groups in total. The van der Waals surface area contributed by atoms with Crippen molar-refractivity contribution < 1.29 is 4.79 Å². The smallest absolute Gasteiger partial charge is 0.227 e. The number of piperidine rings is 1. The van der Waals surface area contributed by atoms with Crippen LogP contribution in [0.1, 0.15) is 19.8 Å². The fourth-order valence-corrected chi connectivity index (χ4v) is 1.71. The maximum absolute atomic E-state index is 11.8. The van der Waals surface area contributed by atoms with E-state index in [1.54, 1.807) is 0 Å². The van der Waals surface area contributed by atoms with E-state index in [4.69, 9.17) is 11.6 Å². The third-order valence-corrected chi connectivity index (χ3v) is 2.72. The van der Waals surface area contributed by atoms with E-state index in [2.05, 4.69) is 17.2 Å². The summed E-state index contributed by atoms with van der Waals surface area (Å²) in [4.78, 5) is 11.8. The zero-order chi connectivity index (χ0) is 10.6. The average Bonchev–Trinajstić information content (AvgIpc) is 2.15. The molecule has 3 nitrogen and oxygen atoms in total. The first-order chi connectivity index (χ1) is 6.54. The van der Waals surface area contributed by atoms with Gasteiger partial charge in [0.1, 0.15) is 0 Å². The quantitative estimate of drug-likeness (QED) is 0.803. The first-order valence-electron chi connectivity index (χ1n) is 4.87. The molecule has 0 radical (unpaired) electrons. The van der Waals surface area contributed by atoms with Crippen LogP contribution in [0.4, 0.5) is 0 Å². The highest BCUT2D eigenvalue weighted by Crippen LogP contribution is 2.25. The molecule has 0 aromatic rings. The largest absolute Gasteiger partial charge is 0.351 e. The van der Waals surface area contributed by atoms with Crippen molar-refractivity contribution in [2.24, 2.45) is 5.41 Å². The van der Waals surface area contributed by atoms with E-state index in [0.717, 1.165) is 25.9 Å². The molecule has 0 bridgehead atoms. The molecule has 0 aliphatic carbocycles. The summed E-state index contributed by atoms with van der Waals surface area (Å²) in [6.45, 7) is 7.61. The van der Waals surface area contributed by atoms with E-state index in [9.17, 15) is 4.79 Å². The number of hydrogen-bond acceptors (Lipinski definition) is 2. The zero-order valence-corrected chi connectivity index (χ0v) is 10.5. The molecule has 1 amide bonds. The average molecular weight is 253 g/mol.